The number of rotatable bonds is 58. The van der Waals surface area contributed by atoms with Gasteiger partial charge in [-0.1, -0.05) is 281 Å². The zero-order valence-corrected chi connectivity index (χ0v) is 47.0. The second-order valence-corrected chi connectivity index (χ2v) is 21.4. The van der Waals surface area contributed by atoms with E-state index in [0.717, 1.165) is 51.4 Å². The third-order valence-electron chi connectivity index (χ3n) is 14.4. The molecule has 0 aliphatic rings. The molecule has 1 amide bonds. The van der Waals surface area contributed by atoms with Gasteiger partial charge in [0.05, 0.1) is 25.4 Å². The first-order chi connectivity index (χ1) is 34.5. The molecule has 0 aromatic heterocycles. The second-order valence-electron chi connectivity index (χ2n) is 21.4. The quantitative estimate of drug-likeness (QED) is 0.0321. The van der Waals surface area contributed by atoms with Crippen LogP contribution >= 0.6 is 0 Å². The number of aliphatic hydroxyl groups excluding tert-OH is 2. The number of unbranched alkanes of at least 4 members (excludes halogenated alkanes) is 43. The van der Waals surface area contributed by atoms with E-state index in [1.807, 2.05) is 6.08 Å². The SMILES string of the molecule is CCCC/C=C\CCCCCCCC(=O)OCCCCCCCCCC/C=C\CCCCCCCCCC(=O)NC(CO)C(O)/C=C/CCCCCCCCCCCCCCCCCCCCCCC. The molecule has 0 radical (unpaired) electrons. The highest BCUT2D eigenvalue weighted by Gasteiger charge is 2.18. The van der Waals surface area contributed by atoms with Gasteiger partial charge >= 0.3 is 5.97 Å². The van der Waals surface area contributed by atoms with E-state index in [1.54, 1.807) is 6.08 Å². The lowest BCUT2D eigenvalue weighted by Crippen LogP contribution is -2.45. The van der Waals surface area contributed by atoms with Crippen molar-refractivity contribution in [1.29, 1.82) is 0 Å². The van der Waals surface area contributed by atoms with Crippen LogP contribution in [-0.2, 0) is 14.3 Å². The van der Waals surface area contributed by atoms with Gasteiger partial charge in [0, 0.05) is 12.8 Å². The highest BCUT2D eigenvalue weighted by molar-refractivity contribution is 5.76. The molecule has 412 valence electrons. The first-order valence-electron chi connectivity index (χ1n) is 31.3. The van der Waals surface area contributed by atoms with Crippen molar-refractivity contribution in [3.8, 4) is 0 Å². The molecule has 0 saturated heterocycles. The van der Waals surface area contributed by atoms with E-state index < -0.39 is 12.1 Å². The summed E-state index contributed by atoms with van der Waals surface area (Å²) in [5, 5.41) is 23.2. The summed E-state index contributed by atoms with van der Waals surface area (Å²) < 4.78 is 5.45. The smallest absolute Gasteiger partial charge is 0.305 e. The summed E-state index contributed by atoms with van der Waals surface area (Å²) >= 11 is 0. The Morgan fingerprint density at radius 2 is 0.686 bits per heavy atom. The number of aliphatic hydroxyl groups is 2. The van der Waals surface area contributed by atoms with Crippen LogP contribution in [-0.4, -0.2) is 47.4 Å². The summed E-state index contributed by atoms with van der Waals surface area (Å²) in [6.45, 7) is 4.87. The summed E-state index contributed by atoms with van der Waals surface area (Å²) in [5.74, 6) is -0.0829. The summed E-state index contributed by atoms with van der Waals surface area (Å²) in [5.41, 5.74) is 0. The van der Waals surface area contributed by atoms with E-state index >= 15 is 0 Å². The van der Waals surface area contributed by atoms with Gasteiger partial charge in [0.15, 0.2) is 0 Å². The molecule has 0 rings (SSSR count). The van der Waals surface area contributed by atoms with Crippen molar-refractivity contribution in [2.24, 2.45) is 0 Å². The van der Waals surface area contributed by atoms with Crippen molar-refractivity contribution < 1.29 is 24.5 Å². The van der Waals surface area contributed by atoms with Gasteiger partial charge in [0.2, 0.25) is 5.91 Å². The maximum atomic E-state index is 12.5. The number of hydrogen-bond acceptors (Lipinski definition) is 5. The highest BCUT2D eigenvalue weighted by atomic mass is 16.5. The van der Waals surface area contributed by atoms with Crippen LogP contribution in [0.1, 0.15) is 335 Å². The molecule has 0 saturated carbocycles. The average molecular weight is 985 g/mol. The lowest BCUT2D eigenvalue weighted by molar-refractivity contribution is -0.143. The molecular formula is C64H121NO5. The van der Waals surface area contributed by atoms with E-state index in [4.69, 9.17) is 4.74 Å². The van der Waals surface area contributed by atoms with Crippen molar-refractivity contribution in [1.82, 2.24) is 5.32 Å². The minimum absolute atomic E-state index is 0.00778. The number of nitrogens with one attached hydrogen (secondary N) is 1. The molecule has 0 aliphatic carbocycles. The number of carbonyl (C=O) groups excluding carboxylic acids is 2. The first-order valence-corrected chi connectivity index (χ1v) is 31.3. The molecule has 0 aliphatic heterocycles. The predicted octanol–water partition coefficient (Wildman–Crippen LogP) is 19.6. The molecule has 2 unspecified atom stereocenters. The minimum Gasteiger partial charge on any atom is -0.466 e. The van der Waals surface area contributed by atoms with Gasteiger partial charge in [0.1, 0.15) is 0 Å². The first kappa shape index (κ1) is 68.1. The zero-order chi connectivity index (χ0) is 50.7. The van der Waals surface area contributed by atoms with Gasteiger partial charge in [-0.25, -0.2) is 0 Å². The Balaban J connectivity index is 3.48. The van der Waals surface area contributed by atoms with Crippen LogP contribution in [0.4, 0.5) is 0 Å². The lowest BCUT2D eigenvalue weighted by atomic mass is 10.0. The van der Waals surface area contributed by atoms with E-state index in [-0.39, 0.29) is 18.5 Å². The fourth-order valence-electron chi connectivity index (χ4n) is 9.55. The maximum Gasteiger partial charge on any atom is 0.305 e. The topological polar surface area (TPSA) is 95.9 Å². The molecule has 6 heteroatoms. The molecule has 70 heavy (non-hydrogen) atoms. The van der Waals surface area contributed by atoms with Crippen molar-refractivity contribution >= 4 is 11.9 Å². The van der Waals surface area contributed by atoms with Crippen molar-refractivity contribution in [2.75, 3.05) is 13.2 Å². The molecule has 0 aromatic carbocycles. The number of amides is 1. The Bertz CT molecular complexity index is 1130. The number of ether oxygens (including phenoxy) is 1. The number of carbonyl (C=O) groups is 2. The number of hydrogen-bond donors (Lipinski definition) is 3. The molecule has 0 aromatic rings. The van der Waals surface area contributed by atoms with E-state index in [0.29, 0.717) is 19.4 Å². The summed E-state index contributed by atoms with van der Waals surface area (Å²) in [6, 6.07) is -0.636. The van der Waals surface area contributed by atoms with Crippen LogP contribution in [0.15, 0.2) is 36.5 Å². The highest BCUT2D eigenvalue weighted by Crippen LogP contribution is 2.17. The van der Waals surface area contributed by atoms with Gasteiger partial charge in [-0.05, 0) is 77.0 Å². The minimum atomic E-state index is -0.852. The third-order valence-corrected chi connectivity index (χ3v) is 14.4. The number of esters is 1. The normalized spacial score (nSPS) is 12.8. The Morgan fingerprint density at radius 1 is 0.386 bits per heavy atom. The molecule has 0 fully saturated rings. The zero-order valence-electron chi connectivity index (χ0n) is 47.0. The fourth-order valence-corrected chi connectivity index (χ4v) is 9.55. The van der Waals surface area contributed by atoms with E-state index in [1.165, 1.54) is 257 Å². The summed E-state index contributed by atoms with van der Waals surface area (Å²) in [6.07, 6.45) is 74.7. The van der Waals surface area contributed by atoms with Gasteiger partial charge in [-0.15, -0.1) is 0 Å². The van der Waals surface area contributed by atoms with Crippen molar-refractivity contribution in [3.63, 3.8) is 0 Å². The molecular weight excluding hydrogens is 863 g/mol. The van der Waals surface area contributed by atoms with Crippen LogP contribution < -0.4 is 5.32 Å². The Morgan fingerprint density at radius 3 is 1.06 bits per heavy atom. The van der Waals surface area contributed by atoms with Crippen molar-refractivity contribution in [3.05, 3.63) is 36.5 Å². The maximum absolute atomic E-state index is 12.5. The van der Waals surface area contributed by atoms with Gasteiger partial charge in [-0.2, -0.15) is 0 Å². The molecule has 0 spiro atoms. The monoisotopic (exact) mass is 984 g/mol. The van der Waals surface area contributed by atoms with Crippen LogP contribution in [0.5, 0.6) is 0 Å². The van der Waals surface area contributed by atoms with Gasteiger partial charge in [-0.3, -0.25) is 9.59 Å². The van der Waals surface area contributed by atoms with Crippen LogP contribution in [0.25, 0.3) is 0 Å². The lowest BCUT2D eigenvalue weighted by Gasteiger charge is -2.20. The summed E-state index contributed by atoms with van der Waals surface area (Å²) in [7, 11) is 0. The Hall–Kier alpha value is -1.92. The fraction of sp³-hybridized carbons (Fsp3) is 0.875. The van der Waals surface area contributed by atoms with E-state index in [2.05, 4.69) is 43.5 Å². The molecule has 0 heterocycles. The van der Waals surface area contributed by atoms with Crippen molar-refractivity contribution in [2.45, 2.75) is 347 Å². The standard InChI is InChI=1S/C64H121NO5/c1-3-5-7-9-11-13-15-16-17-18-19-20-21-22-24-27-30-33-37-40-44-48-52-56-62(67)61(60-66)65-63(68)57-53-49-45-41-38-34-31-28-25-23-26-29-32-35-39-43-47-51-55-59-70-64(69)58-54-50-46-42-36-14-12-10-8-6-4-2/h10,12,23,25,52,56,61-62,66-67H,3-9,11,13-22,24,26-51,53-55,57-60H2,1-2H3,(H,65,68)/b12-10-,25-23-,56-52+. The van der Waals surface area contributed by atoms with Gasteiger partial charge in [0.25, 0.3) is 0 Å². The van der Waals surface area contributed by atoms with Gasteiger partial charge < -0.3 is 20.3 Å². The van der Waals surface area contributed by atoms with E-state index in [9.17, 15) is 19.8 Å². The van der Waals surface area contributed by atoms with Crippen LogP contribution in [0.2, 0.25) is 0 Å². The Labute approximate surface area is 436 Å². The third kappa shape index (κ3) is 55.4. The summed E-state index contributed by atoms with van der Waals surface area (Å²) in [4.78, 5) is 24.5. The van der Waals surface area contributed by atoms with Crippen LogP contribution in [0, 0.1) is 0 Å². The molecule has 2 atom stereocenters. The molecule has 6 nitrogen and oxygen atoms in total. The average Bonchev–Trinajstić information content (AvgIpc) is 3.36. The molecule has 0 bridgehead atoms. The molecule has 3 N–H and O–H groups in total. The largest absolute Gasteiger partial charge is 0.466 e. The predicted molar refractivity (Wildman–Crippen MR) is 306 cm³/mol. The second kappa shape index (κ2) is 59.6. The van der Waals surface area contributed by atoms with Crippen LogP contribution in [0.3, 0.4) is 0 Å². The Kier molecular flexibility index (Phi) is 58.0. The number of allylic oxidation sites excluding steroid dienone is 5.